The predicted octanol–water partition coefficient (Wildman–Crippen LogP) is -0.484. The van der Waals surface area contributed by atoms with Crippen molar-refractivity contribution in [2.45, 2.75) is 41.5 Å². The van der Waals surface area contributed by atoms with Crippen LogP contribution in [-0.2, 0) is 31.2 Å². The van der Waals surface area contributed by atoms with Gasteiger partial charge in [0.25, 0.3) is 0 Å². The molecule has 0 saturated heterocycles. The number of carbonyl (C=O) groups is 3. The van der Waals surface area contributed by atoms with E-state index in [0.717, 1.165) is 18.2 Å². The van der Waals surface area contributed by atoms with Crippen LogP contribution in [-0.4, -0.2) is 17.3 Å². The molecule has 0 aliphatic rings. The summed E-state index contributed by atoms with van der Waals surface area (Å²) >= 11 is 0. The molecule has 0 aliphatic heterocycles. The maximum Gasteiger partial charge on any atom is 3.00 e. The molecule has 126 valence electrons. The Hall–Kier alpha value is -1.86. The van der Waals surface area contributed by atoms with Crippen LogP contribution in [0.25, 0.3) is 0 Å². The SMILES string of the molecule is CC(=O)/C=C(\C)[O-].CC(=O)/C=C(\C)[O-].CC(=O)/C=C(\C)[O-].[Co+3]. The maximum atomic E-state index is 9.98. The Balaban J connectivity index is -0.000000108. The van der Waals surface area contributed by atoms with Crippen LogP contribution in [0.15, 0.2) is 35.5 Å². The largest absolute Gasteiger partial charge is 3.00 e. The van der Waals surface area contributed by atoms with Gasteiger partial charge in [0.1, 0.15) is 0 Å². The Morgan fingerprint density at radius 1 is 0.545 bits per heavy atom. The van der Waals surface area contributed by atoms with Crippen molar-refractivity contribution in [1.29, 1.82) is 0 Å². The van der Waals surface area contributed by atoms with Crippen LogP contribution >= 0.6 is 0 Å². The van der Waals surface area contributed by atoms with E-state index in [4.69, 9.17) is 0 Å². The van der Waals surface area contributed by atoms with Crippen molar-refractivity contribution in [3.63, 3.8) is 0 Å². The summed E-state index contributed by atoms with van der Waals surface area (Å²) in [6.45, 7) is 8.09. The molecule has 0 aromatic rings. The second kappa shape index (κ2) is 17.2. The number of hydrogen-bond donors (Lipinski definition) is 0. The van der Waals surface area contributed by atoms with E-state index < -0.39 is 0 Å². The zero-order chi connectivity index (χ0) is 17.6. The average Bonchev–Trinajstić information content (AvgIpc) is 2.10. The van der Waals surface area contributed by atoms with Gasteiger partial charge >= 0.3 is 16.8 Å². The third kappa shape index (κ3) is 51.8. The molecule has 0 amide bonds. The number of ketones is 3. The minimum Gasteiger partial charge on any atom is -0.876 e. The van der Waals surface area contributed by atoms with Crippen LogP contribution in [0.1, 0.15) is 41.5 Å². The van der Waals surface area contributed by atoms with Crippen molar-refractivity contribution < 1.29 is 46.5 Å². The minimum atomic E-state index is -0.187. The molecular weight excluding hydrogens is 335 g/mol. The van der Waals surface area contributed by atoms with Crippen molar-refractivity contribution in [2.75, 3.05) is 0 Å². The summed E-state index contributed by atoms with van der Waals surface area (Å²) in [6, 6.07) is 0. The van der Waals surface area contributed by atoms with Crippen LogP contribution < -0.4 is 15.3 Å². The quantitative estimate of drug-likeness (QED) is 0.497. The molecule has 0 fully saturated rings. The van der Waals surface area contributed by atoms with E-state index in [2.05, 4.69) is 0 Å². The Morgan fingerprint density at radius 2 is 0.682 bits per heavy atom. The molecule has 0 rings (SSSR count). The van der Waals surface area contributed by atoms with Crippen LogP contribution in [0.4, 0.5) is 0 Å². The molecular formula is C15H21CoO6. The smallest absolute Gasteiger partial charge is 0.876 e. The van der Waals surface area contributed by atoms with E-state index in [1.54, 1.807) is 0 Å². The van der Waals surface area contributed by atoms with Gasteiger partial charge in [-0.1, -0.05) is 20.8 Å². The molecule has 7 heteroatoms. The molecule has 0 N–H and O–H groups in total. The zero-order valence-electron chi connectivity index (χ0n) is 13.5. The van der Waals surface area contributed by atoms with Gasteiger partial charge in [-0.3, -0.25) is 14.4 Å². The second-order valence-corrected chi connectivity index (χ2v) is 4.10. The zero-order valence-corrected chi connectivity index (χ0v) is 14.6. The first-order chi connectivity index (χ1) is 9.38. The summed E-state index contributed by atoms with van der Waals surface area (Å²) in [7, 11) is 0. The Bertz CT molecular complexity index is 368. The fraction of sp³-hybridized carbons (Fsp3) is 0.400. The summed E-state index contributed by atoms with van der Waals surface area (Å²) in [5.41, 5.74) is 0. The molecule has 0 aliphatic carbocycles. The standard InChI is InChI=1S/3C5H8O2.Co/c3*1-4(6)3-5(2)7;/h3*3,6H,1-2H3;/q;;;+3/p-3/b3*4-3+;. The summed E-state index contributed by atoms with van der Waals surface area (Å²) in [5, 5.41) is 29.9. The van der Waals surface area contributed by atoms with Gasteiger partial charge in [-0.15, -0.1) is 17.3 Å². The molecule has 0 aromatic heterocycles. The Labute approximate surface area is 141 Å². The molecule has 0 spiro atoms. The molecule has 0 radical (unpaired) electrons. The topological polar surface area (TPSA) is 120 Å². The molecule has 0 atom stereocenters. The van der Waals surface area contributed by atoms with Gasteiger partial charge in [0, 0.05) is 0 Å². The van der Waals surface area contributed by atoms with E-state index in [1.807, 2.05) is 0 Å². The van der Waals surface area contributed by atoms with Crippen molar-refractivity contribution in [2.24, 2.45) is 0 Å². The first-order valence-corrected chi connectivity index (χ1v) is 5.96. The van der Waals surface area contributed by atoms with E-state index in [0.29, 0.717) is 0 Å². The fourth-order valence-corrected chi connectivity index (χ4v) is 0.859. The van der Waals surface area contributed by atoms with Crippen LogP contribution in [0.3, 0.4) is 0 Å². The maximum absolute atomic E-state index is 9.98. The number of rotatable bonds is 3. The van der Waals surface area contributed by atoms with Crippen molar-refractivity contribution in [3.05, 3.63) is 35.5 Å². The van der Waals surface area contributed by atoms with Gasteiger partial charge < -0.3 is 15.3 Å². The van der Waals surface area contributed by atoms with Crippen molar-refractivity contribution >= 4 is 17.3 Å². The van der Waals surface area contributed by atoms with Gasteiger partial charge in [-0.05, 0) is 39.0 Å². The van der Waals surface area contributed by atoms with E-state index >= 15 is 0 Å². The second-order valence-electron chi connectivity index (χ2n) is 4.10. The molecule has 0 aromatic carbocycles. The van der Waals surface area contributed by atoms with Gasteiger partial charge in [0.05, 0.1) is 0 Å². The van der Waals surface area contributed by atoms with Gasteiger partial charge in [-0.25, -0.2) is 0 Å². The summed E-state index contributed by atoms with van der Waals surface area (Å²) in [4.78, 5) is 29.9. The molecule has 0 heterocycles. The minimum absolute atomic E-state index is 0. The fourth-order valence-electron chi connectivity index (χ4n) is 0.859. The van der Waals surface area contributed by atoms with E-state index in [9.17, 15) is 29.7 Å². The Morgan fingerprint density at radius 3 is 0.682 bits per heavy atom. The third-order valence-electron chi connectivity index (χ3n) is 1.22. The average molecular weight is 356 g/mol. The molecule has 0 bridgehead atoms. The Kier molecular flexibility index (Phi) is 22.1. The van der Waals surface area contributed by atoms with Crippen LogP contribution in [0.2, 0.25) is 0 Å². The number of hydrogen-bond acceptors (Lipinski definition) is 6. The molecule has 0 saturated carbocycles. The predicted molar refractivity (Wildman–Crippen MR) is 73.3 cm³/mol. The van der Waals surface area contributed by atoms with Crippen molar-refractivity contribution in [1.82, 2.24) is 0 Å². The summed E-state index contributed by atoms with van der Waals surface area (Å²) in [6.07, 6.45) is 3.17. The summed E-state index contributed by atoms with van der Waals surface area (Å²) in [5.74, 6) is -1.12. The molecule has 6 nitrogen and oxygen atoms in total. The van der Waals surface area contributed by atoms with Crippen LogP contribution in [0.5, 0.6) is 0 Å². The molecule has 22 heavy (non-hydrogen) atoms. The van der Waals surface area contributed by atoms with E-state index in [1.165, 1.54) is 41.5 Å². The first kappa shape index (κ1) is 28.3. The third-order valence-corrected chi connectivity index (χ3v) is 1.22. The normalized spacial score (nSPS) is 10.9. The van der Waals surface area contributed by atoms with Crippen LogP contribution in [0, 0.1) is 0 Å². The van der Waals surface area contributed by atoms with Gasteiger partial charge in [-0.2, -0.15) is 0 Å². The molecule has 0 unspecified atom stereocenters. The monoisotopic (exact) mass is 356 g/mol. The van der Waals surface area contributed by atoms with Gasteiger partial charge in [0.2, 0.25) is 0 Å². The first-order valence-electron chi connectivity index (χ1n) is 5.96. The summed E-state index contributed by atoms with van der Waals surface area (Å²) < 4.78 is 0. The number of allylic oxidation sites excluding steroid dienone is 6. The van der Waals surface area contributed by atoms with Gasteiger partial charge in [0.15, 0.2) is 17.3 Å². The van der Waals surface area contributed by atoms with E-state index in [-0.39, 0.29) is 51.4 Å². The number of carbonyl (C=O) groups excluding carboxylic acids is 3. The van der Waals surface area contributed by atoms with Crippen molar-refractivity contribution in [3.8, 4) is 0 Å².